The third kappa shape index (κ3) is 5.78. The van der Waals surface area contributed by atoms with Crippen molar-refractivity contribution >= 4 is 38.8 Å². The van der Waals surface area contributed by atoms with Crippen LogP contribution in [0.3, 0.4) is 0 Å². The van der Waals surface area contributed by atoms with Gasteiger partial charge in [0.2, 0.25) is 15.9 Å². The summed E-state index contributed by atoms with van der Waals surface area (Å²) in [6.45, 7) is 2.82. The van der Waals surface area contributed by atoms with Crippen LogP contribution in [0.2, 0.25) is 0 Å². The molecule has 160 valence electrons. The highest BCUT2D eigenvalue weighted by atomic mass is 32.2. The van der Waals surface area contributed by atoms with Crippen LogP contribution < -0.4 is 15.4 Å². The highest BCUT2D eigenvalue weighted by Crippen LogP contribution is 2.32. The van der Waals surface area contributed by atoms with Gasteiger partial charge in [0.1, 0.15) is 4.90 Å². The zero-order valence-electron chi connectivity index (χ0n) is 17.2. The number of ketones is 1. The Morgan fingerprint density at radius 2 is 1.58 bits per heavy atom. The van der Waals surface area contributed by atoms with Crippen molar-refractivity contribution in [1.29, 1.82) is 0 Å². The summed E-state index contributed by atoms with van der Waals surface area (Å²) in [7, 11) is -3.95. The number of nitrogens with one attached hydrogen (secondary N) is 3. The topological polar surface area (TPSA) is 104 Å². The summed E-state index contributed by atoms with van der Waals surface area (Å²) in [5.74, 6) is -0.415. The summed E-state index contributed by atoms with van der Waals surface area (Å²) >= 11 is 0. The van der Waals surface area contributed by atoms with E-state index in [2.05, 4.69) is 15.4 Å². The first kappa shape index (κ1) is 22.2. The molecule has 0 saturated heterocycles. The highest BCUT2D eigenvalue weighted by molar-refractivity contribution is 7.89. The number of hydrogen-bond donors (Lipinski definition) is 3. The molecule has 31 heavy (non-hydrogen) atoms. The summed E-state index contributed by atoms with van der Waals surface area (Å²) in [6.07, 6.45) is 0. The van der Waals surface area contributed by atoms with Crippen molar-refractivity contribution in [2.24, 2.45) is 0 Å². The molecule has 0 radical (unpaired) electrons. The van der Waals surface area contributed by atoms with Gasteiger partial charge in [-0.15, -0.1) is 0 Å². The molecule has 8 heteroatoms. The van der Waals surface area contributed by atoms with Gasteiger partial charge in [0.05, 0.1) is 11.4 Å². The van der Waals surface area contributed by atoms with Crippen molar-refractivity contribution in [3.05, 3.63) is 83.9 Å². The maximum absolute atomic E-state index is 13.1. The standard InChI is InChI=1S/C23H23N3O4S/c1-16(27)19-9-6-8-18(14-19)15-24-31(29,30)22-13-7-12-21(25-17(2)28)23(22)26-20-10-4-3-5-11-20/h3-14,24,26H,15H2,1-2H3,(H,25,28). The van der Waals surface area contributed by atoms with Gasteiger partial charge in [0.15, 0.2) is 5.78 Å². The molecular weight excluding hydrogens is 414 g/mol. The fraction of sp³-hybridized carbons (Fsp3) is 0.130. The number of carbonyl (C=O) groups is 2. The Morgan fingerprint density at radius 1 is 0.871 bits per heavy atom. The number of hydrogen-bond acceptors (Lipinski definition) is 5. The average Bonchev–Trinajstić information content (AvgIpc) is 2.74. The van der Waals surface area contributed by atoms with Crippen molar-refractivity contribution in [3.8, 4) is 0 Å². The summed E-state index contributed by atoms with van der Waals surface area (Å²) in [5, 5.41) is 5.77. The van der Waals surface area contributed by atoms with Crippen LogP contribution in [0.1, 0.15) is 29.8 Å². The second-order valence-electron chi connectivity index (χ2n) is 6.93. The molecule has 7 nitrogen and oxygen atoms in total. The van der Waals surface area contributed by atoms with Gasteiger partial charge in [-0.2, -0.15) is 0 Å². The molecule has 0 atom stereocenters. The predicted octanol–water partition coefficient (Wildman–Crippen LogP) is 4.07. The van der Waals surface area contributed by atoms with Crippen LogP contribution in [-0.2, 0) is 21.4 Å². The van der Waals surface area contributed by atoms with E-state index in [1.165, 1.54) is 19.9 Å². The van der Waals surface area contributed by atoms with Gasteiger partial charge in [-0.1, -0.05) is 42.5 Å². The summed E-state index contributed by atoms with van der Waals surface area (Å²) in [5.41, 5.74) is 2.44. The number of rotatable bonds is 8. The molecule has 0 bridgehead atoms. The molecule has 0 fully saturated rings. The number of benzene rings is 3. The number of sulfonamides is 1. The van der Waals surface area contributed by atoms with E-state index < -0.39 is 10.0 Å². The number of anilines is 3. The minimum absolute atomic E-state index is 0.00896. The third-order valence-electron chi connectivity index (χ3n) is 4.47. The maximum atomic E-state index is 13.1. The highest BCUT2D eigenvalue weighted by Gasteiger charge is 2.21. The Labute approximate surface area is 181 Å². The summed E-state index contributed by atoms with van der Waals surface area (Å²) in [6, 6.07) is 20.5. The second-order valence-corrected chi connectivity index (χ2v) is 8.67. The summed E-state index contributed by atoms with van der Waals surface area (Å²) in [4.78, 5) is 23.2. The van der Waals surface area contributed by atoms with Crippen LogP contribution in [0, 0.1) is 0 Å². The lowest BCUT2D eigenvalue weighted by atomic mass is 10.1. The van der Waals surface area contributed by atoms with Crippen LogP contribution in [0.5, 0.6) is 0 Å². The van der Waals surface area contributed by atoms with Gasteiger partial charge < -0.3 is 10.6 Å². The van der Waals surface area contributed by atoms with Crippen LogP contribution in [-0.4, -0.2) is 20.1 Å². The van der Waals surface area contributed by atoms with Crippen LogP contribution in [0.15, 0.2) is 77.7 Å². The number of amides is 1. The normalized spacial score (nSPS) is 11.0. The molecule has 1 amide bonds. The molecule has 0 heterocycles. The molecule has 0 spiro atoms. The number of Topliss-reactive ketones (excluding diaryl/α,β-unsaturated/α-hetero) is 1. The predicted molar refractivity (Wildman–Crippen MR) is 121 cm³/mol. The fourth-order valence-electron chi connectivity index (χ4n) is 3.00. The van der Waals surface area contributed by atoms with Crippen LogP contribution >= 0.6 is 0 Å². The Bertz CT molecular complexity index is 1210. The van der Waals surface area contributed by atoms with Crippen molar-refractivity contribution in [2.45, 2.75) is 25.3 Å². The van der Waals surface area contributed by atoms with Gasteiger partial charge in [0.25, 0.3) is 0 Å². The minimum Gasteiger partial charge on any atom is -0.353 e. The van der Waals surface area contributed by atoms with E-state index in [-0.39, 0.29) is 28.8 Å². The molecule has 0 aliphatic heterocycles. The SMILES string of the molecule is CC(=O)Nc1cccc(S(=O)(=O)NCc2cccc(C(C)=O)c2)c1Nc1ccccc1. The molecule has 3 aromatic carbocycles. The first-order valence-corrected chi connectivity index (χ1v) is 11.1. The van der Waals surface area contributed by atoms with E-state index in [9.17, 15) is 18.0 Å². The Balaban J connectivity index is 1.94. The van der Waals surface area contributed by atoms with E-state index in [4.69, 9.17) is 0 Å². The van der Waals surface area contributed by atoms with Crippen LogP contribution in [0.4, 0.5) is 17.1 Å². The molecule has 0 saturated carbocycles. The van der Waals surface area contributed by atoms with Gasteiger partial charge in [-0.25, -0.2) is 13.1 Å². The zero-order valence-corrected chi connectivity index (χ0v) is 18.0. The van der Waals surface area contributed by atoms with Crippen molar-refractivity contribution in [2.75, 3.05) is 10.6 Å². The number of carbonyl (C=O) groups excluding carboxylic acids is 2. The molecule has 0 aliphatic carbocycles. The van der Waals surface area contributed by atoms with Gasteiger partial charge >= 0.3 is 0 Å². The molecule has 3 N–H and O–H groups in total. The first-order chi connectivity index (χ1) is 14.8. The largest absolute Gasteiger partial charge is 0.353 e. The lowest BCUT2D eigenvalue weighted by molar-refractivity contribution is -0.114. The van der Waals surface area contributed by atoms with Crippen molar-refractivity contribution in [1.82, 2.24) is 4.72 Å². The fourth-order valence-corrected chi connectivity index (χ4v) is 4.20. The van der Waals surface area contributed by atoms with Gasteiger partial charge in [-0.05, 0) is 42.8 Å². The van der Waals surface area contributed by atoms with Gasteiger partial charge in [0, 0.05) is 24.7 Å². The van der Waals surface area contributed by atoms with E-state index in [1.807, 2.05) is 18.2 Å². The van der Waals surface area contributed by atoms with Crippen LogP contribution in [0.25, 0.3) is 0 Å². The first-order valence-electron chi connectivity index (χ1n) is 9.58. The Kier molecular flexibility index (Phi) is 6.84. The van der Waals surface area contributed by atoms with Gasteiger partial charge in [-0.3, -0.25) is 9.59 Å². The Hall–Kier alpha value is -3.49. The zero-order chi connectivity index (χ0) is 22.4. The maximum Gasteiger partial charge on any atom is 0.243 e. The van der Waals surface area contributed by atoms with E-state index in [1.54, 1.807) is 48.5 Å². The Morgan fingerprint density at radius 3 is 2.26 bits per heavy atom. The molecule has 0 aromatic heterocycles. The molecular formula is C23H23N3O4S. The average molecular weight is 438 g/mol. The number of para-hydroxylation sites is 2. The second kappa shape index (κ2) is 9.55. The lowest BCUT2D eigenvalue weighted by Crippen LogP contribution is -2.24. The molecule has 0 unspecified atom stereocenters. The lowest BCUT2D eigenvalue weighted by Gasteiger charge is -2.17. The molecule has 3 aromatic rings. The van der Waals surface area contributed by atoms with E-state index in [0.717, 1.165) is 0 Å². The molecule has 0 aliphatic rings. The quantitative estimate of drug-likeness (QED) is 0.461. The monoisotopic (exact) mass is 437 g/mol. The third-order valence-corrected chi connectivity index (χ3v) is 5.91. The smallest absolute Gasteiger partial charge is 0.243 e. The molecule has 3 rings (SSSR count). The van der Waals surface area contributed by atoms with E-state index in [0.29, 0.717) is 22.5 Å². The van der Waals surface area contributed by atoms with E-state index >= 15 is 0 Å². The van der Waals surface area contributed by atoms with Crippen molar-refractivity contribution < 1.29 is 18.0 Å². The minimum atomic E-state index is -3.95. The summed E-state index contributed by atoms with van der Waals surface area (Å²) < 4.78 is 28.9. The van der Waals surface area contributed by atoms with Crippen molar-refractivity contribution in [3.63, 3.8) is 0 Å².